The summed E-state index contributed by atoms with van der Waals surface area (Å²) in [6, 6.07) is 20.8. The van der Waals surface area contributed by atoms with Gasteiger partial charge in [0.1, 0.15) is 21.4 Å². The Morgan fingerprint density at radius 1 is 0.638 bits per heavy atom. The van der Waals surface area contributed by atoms with Crippen molar-refractivity contribution in [2.75, 3.05) is 7.05 Å². The molecule has 2 aromatic carbocycles. The molecule has 0 radical (unpaired) electrons. The minimum Gasteiger partial charge on any atom is -0.298 e. The lowest BCUT2D eigenvalue weighted by Crippen LogP contribution is -2.17. The summed E-state index contributed by atoms with van der Waals surface area (Å²) < 4.78 is 86.5. The average molecular weight is 696 g/mol. The molecule has 0 saturated carbocycles. The van der Waals surface area contributed by atoms with Crippen LogP contribution in [-0.2, 0) is 33.1 Å². The zero-order valence-electron chi connectivity index (χ0n) is 24.8. The fourth-order valence-corrected chi connectivity index (χ4v) is 7.91. The SMILES string of the molecule is CN(Cc1cc(-c2ccccc2F)n(S(=O)(=O)c2cccnc2)c1)Cc1cc(-c2ccccc2F)n(S(=O)(=O)c2cccnc2)c1.Cl. The van der Waals surface area contributed by atoms with Crippen LogP contribution in [0.5, 0.6) is 0 Å². The predicted octanol–water partition coefficient (Wildman–Crippen LogP) is 6.22. The number of hydrogen-bond donors (Lipinski definition) is 0. The topological polar surface area (TPSA) is 107 Å². The van der Waals surface area contributed by atoms with Crippen LogP contribution >= 0.6 is 12.4 Å². The Balaban J connectivity index is 0.00000433. The van der Waals surface area contributed by atoms with Gasteiger partial charge in [0.05, 0.1) is 11.4 Å². The summed E-state index contributed by atoms with van der Waals surface area (Å²) in [6.45, 7) is 0.430. The number of benzene rings is 2. The molecule has 0 aliphatic carbocycles. The highest BCUT2D eigenvalue weighted by atomic mass is 35.5. The lowest BCUT2D eigenvalue weighted by atomic mass is 10.1. The number of aromatic nitrogens is 4. The van der Waals surface area contributed by atoms with Gasteiger partial charge in [-0.2, -0.15) is 0 Å². The van der Waals surface area contributed by atoms with Gasteiger partial charge in [-0.05, 0) is 78.8 Å². The van der Waals surface area contributed by atoms with E-state index in [0.717, 1.165) is 7.94 Å². The lowest BCUT2D eigenvalue weighted by Gasteiger charge is -2.14. The highest BCUT2D eigenvalue weighted by Gasteiger charge is 2.26. The number of nitrogens with zero attached hydrogens (tertiary/aromatic N) is 5. The summed E-state index contributed by atoms with van der Waals surface area (Å²) in [5, 5.41) is 0. The van der Waals surface area contributed by atoms with Crippen molar-refractivity contribution in [1.82, 2.24) is 22.8 Å². The first-order chi connectivity index (χ1) is 22.1. The Kier molecular flexibility index (Phi) is 9.73. The zero-order chi connectivity index (χ0) is 32.5. The van der Waals surface area contributed by atoms with Crippen molar-refractivity contribution in [3.05, 3.63) is 145 Å². The predicted molar refractivity (Wildman–Crippen MR) is 176 cm³/mol. The van der Waals surface area contributed by atoms with Gasteiger partial charge in [0.15, 0.2) is 0 Å². The summed E-state index contributed by atoms with van der Waals surface area (Å²) >= 11 is 0. The van der Waals surface area contributed by atoms with Crippen molar-refractivity contribution < 1.29 is 25.6 Å². The smallest absolute Gasteiger partial charge is 0.269 e. The molecule has 14 heteroatoms. The lowest BCUT2D eigenvalue weighted by molar-refractivity contribution is 0.319. The fourth-order valence-electron chi connectivity index (χ4n) is 5.20. The van der Waals surface area contributed by atoms with Crippen molar-refractivity contribution in [1.29, 1.82) is 0 Å². The molecule has 0 fully saturated rings. The Labute approximate surface area is 277 Å². The van der Waals surface area contributed by atoms with Gasteiger partial charge in [-0.1, -0.05) is 24.3 Å². The molecule has 0 atom stereocenters. The quantitative estimate of drug-likeness (QED) is 0.168. The van der Waals surface area contributed by atoms with Crippen molar-refractivity contribution in [3.63, 3.8) is 0 Å². The third-order valence-corrected chi connectivity index (χ3v) is 10.6. The molecule has 0 saturated heterocycles. The third kappa shape index (κ3) is 6.74. The molecule has 0 aliphatic heterocycles. The molecule has 0 N–H and O–H groups in total. The molecule has 0 unspecified atom stereocenters. The molecule has 0 spiro atoms. The number of pyridine rings is 2. The summed E-state index contributed by atoms with van der Waals surface area (Å²) in [4.78, 5) is 9.57. The first-order valence-electron chi connectivity index (χ1n) is 14.0. The van der Waals surface area contributed by atoms with Crippen LogP contribution in [-0.4, -0.2) is 46.7 Å². The number of rotatable bonds is 10. The van der Waals surface area contributed by atoms with Crippen LogP contribution in [0.25, 0.3) is 22.5 Å². The molecule has 0 aliphatic rings. The molecule has 0 amide bonds. The maximum Gasteiger partial charge on any atom is 0.269 e. The molecule has 4 heterocycles. The molecule has 0 bridgehead atoms. The number of hydrogen-bond acceptors (Lipinski definition) is 7. The average Bonchev–Trinajstić information content (AvgIpc) is 3.67. The van der Waals surface area contributed by atoms with Crippen LogP contribution in [0.15, 0.2) is 132 Å². The first-order valence-corrected chi connectivity index (χ1v) is 16.9. The van der Waals surface area contributed by atoms with Crippen LogP contribution in [0.2, 0.25) is 0 Å². The van der Waals surface area contributed by atoms with Crippen LogP contribution in [0.4, 0.5) is 8.78 Å². The van der Waals surface area contributed by atoms with E-state index in [9.17, 15) is 25.6 Å². The molecule has 6 aromatic rings. The van der Waals surface area contributed by atoms with Crippen LogP contribution in [0.1, 0.15) is 11.1 Å². The van der Waals surface area contributed by atoms with E-state index in [1.807, 2.05) is 4.90 Å². The second-order valence-electron chi connectivity index (χ2n) is 10.6. The molecular formula is C33H28ClF2N5O4S2. The van der Waals surface area contributed by atoms with E-state index < -0.39 is 31.7 Å². The number of halogens is 3. The summed E-state index contributed by atoms with van der Waals surface area (Å²) in [7, 11) is -6.49. The van der Waals surface area contributed by atoms with E-state index in [-0.39, 0.29) is 57.8 Å². The van der Waals surface area contributed by atoms with Crippen molar-refractivity contribution >= 4 is 32.5 Å². The standard InChI is InChI=1S/C33H27F2N5O4S2.ClH/c1-38(20-24-16-32(28-10-2-4-12-30(28)34)39(22-24)45(41,42)26-8-6-14-36-18-26)21-25-17-33(29-11-3-5-13-31(29)35)40(23-25)46(43,44)27-9-7-15-37-19-27;/h2-19,22-23H,20-21H2,1H3;1H. The van der Waals surface area contributed by atoms with Crippen LogP contribution < -0.4 is 0 Å². The van der Waals surface area contributed by atoms with Crippen molar-refractivity contribution in [3.8, 4) is 22.5 Å². The normalized spacial score (nSPS) is 11.8. The van der Waals surface area contributed by atoms with E-state index in [2.05, 4.69) is 9.97 Å². The van der Waals surface area contributed by atoms with Crippen LogP contribution in [0, 0.1) is 11.6 Å². The first kappa shape index (κ1) is 33.7. The van der Waals surface area contributed by atoms with Crippen molar-refractivity contribution in [2.45, 2.75) is 22.9 Å². The van der Waals surface area contributed by atoms with Gasteiger partial charge < -0.3 is 0 Å². The monoisotopic (exact) mass is 695 g/mol. The summed E-state index contributed by atoms with van der Waals surface area (Å²) in [5.41, 5.74) is 1.61. The Bertz CT molecular complexity index is 2090. The molecule has 9 nitrogen and oxygen atoms in total. The second-order valence-corrected chi connectivity index (χ2v) is 14.2. The minimum atomic E-state index is -4.13. The maximum absolute atomic E-state index is 14.9. The largest absolute Gasteiger partial charge is 0.298 e. The third-order valence-electron chi connectivity index (χ3n) is 7.27. The molecule has 242 valence electrons. The highest BCUT2D eigenvalue weighted by Crippen LogP contribution is 2.31. The Morgan fingerprint density at radius 3 is 1.40 bits per heavy atom. The van der Waals surface area contributed by atoms with Crippen LogP contribution in [0.3, 0.4) is 0 Å². The zero-order valence-corrected chi connectivity index (χ0v) is 27.3. The van der Waals surface area contributed by atoms with Crippen molar-refractivity contribution in [2.24, 2.45) is 0 Å². The minimum absolute atomic E-state index is 0. The van der Waals surface area contributed by atoms with Gasteiger partial charge in [0, 0.05) is 61.4 Å². The van der Waals surface area contributed by atoms with E-state index in [0.29, 0.717) is 11.1 Å². The molecule has 47 heavy (non-hydrogen) atoms. The molecule has 6 rings (SSSR count). The summed E-state index contributed by atoms with van der Waals surface area (Å²) in [6.07, 6.45) is 8.24. The van der Waals surface area contributed by atoms with E-state index in [1.54, 1.807) is 31.3 Å². The van der Waals surface area contributed by atoms with Gasteiger partial charge in [-0.15, -0.1) is 12.4 Å². The summed E-state index contributed by atoms with van der Waals surface area (Å²) in [5.74, 6) is -1.17. The Morgan fingerprint density at radius 2 is 1.04 bits per heavy atom. The van der Waals surface area contributed by atoms with E-state index >= 15 is 0 Å². The fraction of sp³-hybridized carbons (Fsp3) is 0.0909. The van der Waals surface area contributed by atoms with E-state index in [1.165, 1.54) is 97.8 Å². The Hall–Kier alpha value is -4.69. The second kappa shape index (κ2) is 13.6. The highest BCUT2D eigenvalue weighted by molar-refractivity contribution is 7.90. The van der Waals surface area contributed by atoms with Gasteiger partial charge in [-0.3, -0.25) is 14.9 Å². The van der Waals surface area contributed by atoms with E-state index in [4.69, 9.17) is 0 Å². The maximum atomic E-state index is 14.9. The van der Waals surface area contributed by atoms with Gasteiger partial charge >= 0.3 is 0 Å². The van der Waals surface area contributed by atoms with Gasteiger partial charge in [0.25, 0.3) is 20.0 Å². The van der Waals surface area contributed by atoms with Gasteiger partial charge in [0.2, 0.25) is 0 Å². The molecular weight excluding hydrogens is 668 g/mol. The van der Waals surface area contributed by atoms with Gasteiger partial charge in [-0.25, -0.2) is 33.6 Å². The molecule has 4 aromatic heterocycles.